The van der Waals surface area contributed by atoms with Crippen LogP contribution < -0.4 is 5.32 Å². The molecule has 84 valence electrons. The van der Waals surface area contributed by atoms with E-state index in [0.717, 1.165) is 5.16 Å². The van der Waals surface area contributed by atoms with Crippen molar-refractivity contribution >= 4 is 29.3 Å². The lowest BCUT2D eigenvalue weighted by atomic mass is 10.6. The Labute approximate surface area is 101 Å². The van der Waals surface area contributed by atoms with E-state index < -0.39 is 0 Å². The summed E-state index contributed by atoms with van der Waals surface area (Å²) in [6, 6.07) is 0. The normalized spacial score (nSPS) is 10.4. The fourth-order valence-electron chi connectivity index (χ4n) is 0.995. The average molecular weight is 257 g/mol. The first-order valence-corrected chi connectivity index (χ1v) is 5.62. The molecule has 0 aliphatic rings. The van der Waals surface area contributed by atoms with Gasteiger partial charge in [-0.15, -0.1) is 10.2 Å². The lowest BCUT2D eigenvalue weighted by Crippen LogP contribution is -1.98. The van der Waals surface area contributed by atoms with Gasteiger partial charge in [0.1, 0.15) is 11.4 Å². The van der Waals surface area contributed by atoms with Crippen molar-refractivity contribution < 1.29 is 0 Å². The SMILES string of the molecule is CNc1ncc(Cl)c(Sc2nncn2C)n1. The summed E-state index contributed by atoms with van der Waals surface area (Å²) in [5, 5.41) is 12.4. The minimum absolute atomic E-state index is 0.493. The Balaban J connectivity index is 2.30. The van der Waals surface area contributed by atoms with E-state index in [0.29, 0.717) is 16.0 Å². The summed E-state index contributed by atoms with van der Waals surface area (Å²) < 4.78 is 1.79. The molecule has 0 amide bonds. The van der Waals surface area contributed by atoms with Crippen LogP contribution in [0, 0.1) is 0 Å². The van der Waals surface area contributed by atoms with E-state index in [9.17, 15) is 0 Å². The van der Waals surface area contributed by atoms with Crippen LogP contribution in [0.3, 0.4) is 0 Å². The highest BCUT2D eigenvalue weighted by Crippen LogP contribution is 2.29. The molecule has 6 nitrogen and oxygen atoms in total. The summed E-state index contributed by atoms with van der Waals surface area (Å²) in [6.07, 6.45) is 3.18. The number of nitrogens with one attached hydrogen (secondary N) is 1. The van der Waals surface area contributed by atoms with E-state index in [1.54, 1.807) is 24.1 Å². The third kappa shape index (κ3) is 2.25. The van der Waals surface area contributed by atoms with Crippen molar-refractivity contribution in [3.63, 3.8) is 0 Å². The van der Waals surface area contributed by atoms with Crippen molar-refractivity contribution in [2.45, 2.75) is 10.2 Å². The van der Waals surface area contributed by atoms with Gasteiger partial charge < -0.3 is 9.88 Å². The van der Waals surface area contributed by atoms with Gasteiger partial charge in [0, 0.05) is 14.1 Å². The molecule has 0 aliphatic heterocycles. The van der Waals surface area contributed by atoms with E-state index in [1.165, 1.54) is 11.8 Å². The molecule has 0 spiro atoms. The third-order valence-electron chi connectivity index (χ3n) is 1.79. The second-order valence-corrected chi connectivity index (χ2v) is 4.29. The van der Waals surface area contributed by atoms with Gasteiger partial charge in [-0.25, -0.2) is 9.97 Å². The molecule has 2 rings (SSSR count). The first-order valence-electron chi connectivity index (χ1n) is 4.43. The number of rotatable bonds is 3. The van der Waals surface area contributed by atoms with Gasteiger partial charge >= 0.3 is 0 Å². The Bertz CT molecular complexity index is 499. The van der Waals surface area contributed by atoms with Crippen LogP contribution in [0.1, 0.15) is 0 Å². The van der Waals surface area contributed by atoms with Gasteiger partial charge in [0.05, 0.1) is 11.2 Å². The Morgan fingerprint density at radius 2 is 2.31 bits per heavy atom. The molecule has 0 saturated carbocycles. The van der Waals surface area contributed by atoms with Crippen molar-refractivity contribution in [3.05, 3.63) is 17.5 Å². The molecule has 0 atom stereocenters. The molecule has 0 radical (unpaired) electrons. The van der Waals surface area contributed by atoms with E-state index in [-0.39, 0.29) is 0 Å². The molecule has 0 fully saturated rings. The Kier molecular flexibility index (Phi) is 3.25. The Morgan fingerprint density at radius 3 is 2.94 bits per heavy atom. The highest BCUT2D eigenvalue weighted by molar-refractivity contribution is 7.99. The summed E-state index contributed by atoms with van der Waals surface area (Å²) >= 11 is 7.33. The number of anilines is 1. The van der Waals surface area contributed by atoms with Crippen LogP contribution in [0.5, 0.6) is 0 Å². The van der Waals surface area contributed by atoms with Crippen molar-refractivity contribution in [2.24, 2.45) is 7.05 Å². The predicted molar refractivity (Wildman–Crippen MR) is 61.7 cm³/mol. The zero-order valence-corrected chi connectivity index (χ0v) is 10.2. The van der Waals surface area contributed by atoms with Crippen LogP contribution in [-0.2, 0) is 7.05 Å². The first kappa shape index (κ1) is 11.2. The van der Waals surface area contributed by atoms with Crippen LogP contribution in [0.15, 0.2) is 22.7 Å². The standard InChI is InChI=1S/C8H9ClN6S/c1-10-7-11-3-5(9)6(13-7)16-8-14-12-4-15(8)2/h3-4H,1-2H3,(H,10,11,13). The maximum absolute atomic E-state index is 5.99. The van der Waals surface area contributed by atoms with Crippen molar-refractivity contribution in [2.75, 3.05) is 12.4 Å². The van der Waals surface area contributed by atoms with Crippen LogP contribution >= 0.6 is 23.4 Å². The lowest BCUT2D eigenvalue weighted by Gasteiger charge is -2.04. The monoisotopic (exact) mass is 256 g/mol. The van der Waals surface area contributed by atoms with Gasteiger partial charge in [-0.05, 0) is 11.8 Å². The Morgan fingerprint density at radius 1 is 1.50 bits per heavy atom. The summed E-state index contributed by atoms with van der Waals surface area (Å²) in [7, 11) is 3.61. The minimum Gasteiger partial charge on any atom is -0.357 e. The number of halogens is 1. The highest BCUT2D eigenvalue weighted by atomic mass is 35.5. The largest absolute Gasteiger partial charge is 0.357 e. The number of hydrogen-bond acceptors (Lipinski definition) is 6. The topological polar surface area (TPSA) is 68.5 Å². The lowest BCUT2D eigenvalue weighted by molar-refractivity contribution is 0.787. The number of aryl methyl sites for hydroxylation is 1. The van der Waals surface area contributed by atoms with Crippen LogP contribution in [0.25, 0.3) is 0 Å². The fourth-order valence-corrected chi connectivity index (χ4v) is 1.94. The molecule has 2 aromatic heterocycles. The summed E-state index contributed by atoms with van der Waals surface area (Å²) in [6.45, 7) is 0. The van der Waals surface area contributed by atoms with Crippen molar-refractivity contribution in [1.82, 2.24) is 24.7 Å². The van der Waals surface area contributed by atoms with E-state index in [1.807, 2.05) is 7.05 Å². The number of nitrogens with zero attached hydrogens (tertiary/aromatic N) is 5. The molecule has 0 aromatic carbocycles. The van der Waals surface area contributed by atoms with Crippen molar-refractivity contribution in [1.29, 1.82) is 0 Å². The van der Waals surface area contributed by atoms with Crippen LogP contribution in [0.2, 0.25) is 5.02 Å². The predicted octanol–water partition coefficient (Wildman–Crippen LogP) is 1.45. The molecular weight excluding hydrogens is 248 g/mol. The summed E-state index contributed by atoms with van der Waals surface area (Å²) in [4.78, 5) is 8.23. The molecule has 0 bridgehead atoms. The van der Waals surface area contributed by atoms with E-state index in [2.05, 4.69) is 25.5 Å². The van der Waals surface area contributed by atoms with Gasteiger partial charge in [0.25, 0.3) is 0 Å². The van der Waals surface area contributed by atoms with Gasteiger partial charge in [0.15, 0.2) is 5.16 Å². The molecule has 16 heavy (non-hydrogen) atoms. The summed E-state index contributed by atoms with van der Waals surface area (Å²) in [5.74, 6) is 0.522. The third-order valence-corrected chi connectivity index (χ3v) is 3.24. The zero-order chi connectivity index (χ0) is 11.5. The Hall–Kier alpha value is -1.34. The molecule has 0 aliphatic carbocycles. The van der Waals surface area contributed by atoms with Crippen LogP contribution in [0.4, 0.5) is 5.95 Å². The maximum atomic E-state index is 5.99. The molecule has 8 heteroatoms. The van der Waals surface area contributed by atoms with Gasteiger partial charge in [0.2, 0.25) is 5.95 Å². The summed E-state index contributed by atoms with van der Waals surface area (Å²) in [5.41, 5.74) is 0. The first-order chi connectivity index (χ1) is 7.70. The van der Waals surface area contributed by atoms with Gasteiger partial charge in [-0.3, -0.25) is 0 Å². The molecule has 0 unspecified atom stereocenters. The van der Waals surface area contributed by atoms with Crippen molar-refractivity contribution in [3.8, 4) is 0 Å². The highest BCUT2D eigenvalue weighted by Gasteiger charge is 2.10. The molecule has 1 N–H and O–H groups in total. The molecular formula is C8H9ClN6S. The van der Waals surface area contributed by atoms with Gasteiger partial charge in [-0.1, -0.05) is 11.6 Å². The van der Waals surface area contributed by atoms with E-state index in [4.69, 9.17) is 11.6 Å². The van der Waals surface area contributed by atoms with E-state index >= 15 is 0 Å². The smallest absolute Gasteiger partial charge is 0.223 e. The quantitative estimate of drug-likeness (QED) is 0.839. The molecule has 0 saturated heterocycles. The minimum atomic E-state index is 0.493. The zero-order valence-electron chi connectivity index (χ0n) is 8.68. The molecule has 2 heterocycles. The maximum Gasteiger partial charge on any atom is 0.223 e. The second-order valence-electron chi connectivity index (χ2n) is 2.92. The number of aromatic nitrogens is 5. The fraction of sp³-hybridized carbons (Fsp3) is 0.250. The van der Waals surface area contributed by atoms with Crippen LogP contribution in [-0.4, -0.2) is 31.8 Å². The molecule has 2 aromatic rings. The average Bonchev–Trinajstić information content (AvgIpc) is 2.68. The van der Waals surface area contributed by atoms with Gasteiger partial charge in [-0.2, -0.15) is 0 Å². The second kappa shape index (κ2) is 4.67. The number of hydrogen-bond donors (Lipinski definition) is 1.